The van der Waals surface area contributed by atoms with Gasteiger partial charge in [-0.05, 0) is 52.9 Å². The molecule has 0 spiro atoms. The number of hydrogen-bond donors (Lipinski definition) is 2. The number of hydrogen-bond acceptors (Lipinski definition) is 2. The number of halogens is 3. The molecule has 0 aromatic heterocycles. The molecule has 0 saturated carbocycles. The van der Waals surface area contributed by atoms with Gasteiger partial charge in [-0.3, -0.25) is 4.79 Å². The molecule has 0 heterocycles. The summed E-state index contributed by atoms with van der Waals surface area (Å²) in [6.07, 6.45) is 0. The van der Waals surface area contributed by atoms with E-state index in [2.05, 4.69) is 43.8 Å². The minimum absolute atomic E-state index is 0.0663. The van der Waals surface area contributed by atoms with Gasteiger partial charge in [0.15, 0.2) is 0 Å². The smallest absolute Gasteiger partial charge is 0.256 e. The van der Waals surface area contributed by atoms with Crippen LogP contribution in [-0.2, 0) is 0 Å². The van der Waals surface area contributed by atoms with Gasteiger partial charge in [0.2, 0.25) is 0 Å². The normalized spacial score (nSPS) is 10.3. The highest BCUT2D eigenvalue weighted by molar-refractivity contribution is 14.1. The number of aromatic hydroxyl groups is 1. The van der Waals surface area contributed by atoms with Gasteiger partial charge < -0.3 is 10.4 Å². The number of amides is 1. The summed E-state index contributed by atoms with van der Waals surface area (Å²) < 4.78 is 1.67. The Morgan fingerprint density at radius 1 is 1.26 bits per heavy atom. The number of phenolic OH excluding ortho intramolecular Hbond substituents is 1. The molecule has 0 aliphatic carbocycles. The van der Waals surface area contributed by atoms with E-state index in [0.29, 0.717) is 11.3 Å². The summed E-state index contributed by atoms with van der Waals surface area (Å²) in [4.78, 5) is 12.1. The Kier molecular flexibility index (Phi) is 4.70. The molecule has 3 nitrogen and oxygen atoms in total. The van der Waals surface area contributed by atoms with Crippen LogP contribution in [0, 0.1) is 3.57 Å². The van der Waals surface area contributed by atoms with Crippen LogP contribution in [-0.4, -0.2) is 11.0 Å². The van der Waals surface area contributed by atoms with Crippen molar-refractivity contribution in [1.82, 2.24) is 0 Å². The predicted molar refractivity (Wildman–Crippen MR) is 87.9 cm³/mol. The summed E-state index contributed by atoms with van der Waals surface area (Å²) in [5.41, 5.74) is 1.05. The summed E-state index contributed by atoms with van der Waals surface area (Å²) >= 11 is 11.1. The number of carbonyl (C=O) groups excluding carboxylic acids is 1. The second-order valence-electron chi connectivity index (χ2n) is 3.74. The van der Waals surface area contributed by atoms with Gasteiger partial charge in [-0.1, -0.05) is 27.5 Å². The topological polar surface area (TPSA) is 49.3 Å². The van der Waals surface area contributed by atoms with E-state index in [1.54, 1.807) is 12.1 Å². The second kappa shape index (κ2) is 6.11. The molecule has 0 bridgehead atoms. The maximum absolute atomic E-state index is 12.1. The molecule has 0 radical (unpaired) electrons. The highest BCUT2D eigenvalue weighted by atomic mass is 127. The minimum atomic E-state index is -0.243. The van der Waals surface area contributed by atoms with E-state index in [9.17, 15) is 9.90 Å². The molecule has 6 heteroatoms. The van der Waals surface area contributed by atoms with Gasteiger partial charge in [0.25, 0.3) is 5.91 Å². The number of benzene rings is 2. The zero-order valence-electron chi connectivity index (χ0n) is 9.45. The first-order chi connectivity index (χ1) is 8.97. The maximum atomic E-state index is 12.1. The predicted octanol–water partition coefficient (Wildman–Crippen LogP) is 4.67. The van der Waals surface area contributed by atoms with Gasteiger partial charge >= 0.3 is 0 Å². The zero-order chi connectivity index (χ0) is 14.0. The molecule has 0 aliphatic heterocycles. The molecule has 1 amide bonds. The monoisotopic (exact) mass is 451 g/mol. The third kappa shape index (κ3) is 3.61. The molecule has 2 N–H and O–H groups in total. The van der Waals surface area contributed by atoms with Crippen molar-refractivity contribution >= 4 is 61.7 Å². The molecule has 98 valence electrons. The molecule has 0 unspecified atom stereocenters. The first-order valence-electron chi connectivity index (χ1n) is 5.22. The van der Waals surface area contributed by atoms with Crippen molar-refractivity contribution in [2.24, 2.45) is 0 Å². The van der Waals surface area contributed by atoms with E-state index in [0.717, 1.165) is 8.04 Å². The van der Waals surface area contributed by atoms with Crippen LogP contribution in [0.4, 0.5) is 5.69 Å². The van der Waals surface area contributed by atoms with Crippen LogP contribution in [0.15, 0.2) is 40.9 Å². The Balaban J connectivity index is 2.25. The lowest BCUT2D eigenvalue weighted by molar-refractivity contribution is 0.102. The van der Waals surface area contributed by atoms with Crippen molar-refractivity contribution in [1.29, 1.82) is 0 Å². The molecule has 0 aliphatic rings. The van der Waals surface area contributed by atoms with Gasteiger partial charge in [-0.25, -0.2) is 0 Å². The van der Waals surface area contributed by atoms with E-state index in [4.69, 9.17) is 11.6 Å². The van der Waals surface area contributed by atoms with E-state index in [-0.39, 0.29) is 16.7 Å². The van der Waals surface area contributed by atoms with Crippen molar-refractivity contribution in [3.05, 3.63) is 55.0 Å². The van der Waals surface area contributed by atoms with Crippen LogP contribution in [0.3, 0.4) is 0 Å². The fraction of sp³-hybridized carbons (Fsp3) is 0. The Labute approximate surface area is 137 Å². The lowest BCUT2D eigenvalue weighted by atomic mass is 10.2. The van der Waals surface area contributed by atoms with Crippen molar-refractivity contribution in [2.45, 2.75) is 0 Å². The molecule has 0 saturated heterocycles. The van der Waals surface area contributed by atoms with Crippen LogP contribution in [0.2, 0.25) is 5.02 Å². The lowest BCUT2D eigenvalue weighted by Gasteiger charge is -2.08. The number of carbonyl (C=O) groups is 1. The Hall–Kier alpha value is -0.790. The standard InChI is InChI=1S/C13H8BrClINO2/c14-7-1-4-11(16)9(5-7)13(19)17-8-2-3-10(15)12(18)6-8/h1-6,18H,(H,17,19). The average Bonchev–Trinajstić information content (AvgIpc) is 2.36. The third-order valence-electron chi connectivity index (χ3n) is 2.38. The zero-order valence-corrected chi connectivity index (χ0v) is 14.0. The van der Waals surface area contributed by atoms with E-state index in [1.807, 2.05) is 12.1 Å². The Bertz CT molecular complexity index is 649. The van der Waals surface area contributed by atoms with Crippen molar-refractivity contribution < 1.29 is 9.90 Å². The third-order valence-corrected chi connectivity index (χ3v) is 4.13. The van der Waals surface area contributed by atoms with E-state index in [1.165, 1.54) is 12.1 Å². The van der Waals surface area contributed by atoms with Crippen LogP contribution < -0.4 is 5.32 Å². The first kappa shape index (κ1) is 14.6. The maximum Gasteiger partial charge on any atom is 0.256 e. The second-order valence-corrected chi connectivity index (χ2v) is 6.23. The molecule has 2 aromatic rings. The summed E-state index contributed by atoms with van der Waals surface area (Å²) in [7, 11) is 0. The number of nitrogens with one attached hydrogen (secondary N) is 1. The fourth-order valence-electron chi connectivity index (χ4n) is 1.46. The molecular weight excluding hydrogens is 444 g/mol. The SMILES string of the molecule is O=C(Nc1ccc(Cl)c(O)c1)c1cc(Br)ccc1I. The van der Waals surface area contributed by atoms with Gasteiger partial charge in [-0.15, -0.1) is 0 Å². The van der Waals surface area contributed by atoms with Gasteiger partial charge in [0.1, 0.15) is 5.75 Å². The van der Waals surface area contributed by atoms with Gasteiger partial charge in [0, 0.05) is 19.8 Å². The van der Waals surface area contributed by atoms with Crippen LogP contribution >= 0.6 is 50.1 Å². The van der Waals surface area contributed by atoms with E-state index >= 15 is 0 Å². The summed E-state index contributed by atoms with van der Waals surface area (Å²) in [6, 6.07) is 10.0. The van der Waals surface area contributed by atoms with Crippen LogP contribution in [0.5, 0.6) is 5.75 Å². The summed E-state index contributed by atoms with van der Waals surface area (Å²) in [5.74, 6) is -0.309. The lowest BCUT2D eigenvalue weighted by Crippen LogP contribution is -2.13. The van der Waals surface area contributed by atoms with Crippen molar-refractivity contribution in [2.75, 3.05) is 5.32 Å². The highest BCUT2D eigenvalue weighted by Gasteiger charge is 2.11. The van der Waals surface area contributed by atoms with Gasteiger partial charge in [-0.2, -0.15) is 0 Å². The summed E-state index contributed by atoms with van der Waals surface area (Å²) in [5, 5.41) is 12.4. The quantitative estimate of drug-likeness (QED) is 0.651. The van der Waals surface area contributed by atoms with Crippen molar-refractivity contribution in [3.8, 4) is 5.75 Å². The van der Waals surface area contributed by atoms with Crippen LogP contribution in [0.1, 0.15) is 10.4 Å². The molecular formula is C13H8BrClINO2. The molecule has 2 rings (SSSR count). The molecule has 19 heavy (non-hydrogen) atoms. The fourth-order valence-corrected chi connectivity index (χ4v) is 2.52. The largest absolute Gasteiger partial charge is 0.506 e. The Morgan fingerprint density at radius 3 is 2.68 bits per heavy atom. The summed E-state index contributed by atoms with van der Waals surface area (Å²) in [6.45, 7) is 0. The van der Waals surface area contributed by atoms with Crippen LogP contribution in [0.25, 0.3) is 0 Å². The molecule has 0 atom stereocenters. The minimum Gasteiger partial charge on any atom is -0.506 e. The van der Waals surface area contributed by atoms with Crippen molar-refractivity contribution in [3.63, 3.8) is 0 Å². The van der Waals surface area contributed by atoms with E-state index < -0.39 is 0 Å². The van der Waals surface area contributed by atoms with Gasteiger partial charge in [0.05, 0.1) is 10.6 Å². The molecule has 2 aromatic carbocycles. The Morgan fingerprint density at radius 2 is 2.00 bits per heavy atom. The number of phenols is 1. The first-order valence-corrected chi connectivity index (χ1v) is 7.47. The number of anilines is 1. The average molecular weight is 452 g/mol. The highest BCUT2D eigenvalue weighted by Crippen LogP contribution is 2.27. The number of rotatable bonds is 2. The molecule has 0 fully saturated rings.